The molecule has 7 nitrogen and oxygen atoms in total. The van der Waals surface area contributed by atoms with Gasteiger partial charge in [-0.2, -0.15) is 0 Å². The number of aryl methyl sites for hydroxylation is 1. The average Bonchev–Trinajstić information content (AvgIpc) is 3.19. The van der Waals surface area contributed by atoms with Crippen molar-refractivity contribution in [2.75, 3.05) is 17.2 Å². The number of rotatable bonds is 7. The Morgan fingerprint density at radius 3 is 2.54 bits per heavy atom. The lowest BCUT2D eigenvalue weighted by Gasteiger charge is -2.22. The molecule has 2 N–H and O–H groups in total. The van der Waals surface area contributed by atoms with Gasteiger partial charge in [-0.3, -0.25) is 9.59 Å². The number of fused-ring (bicyclic) bond motifs is 1. The molecule has 1 aromatic heterocycles. The van der Waals surface area contributed by atoms with Crippen LogP contribution >= 0.6 is 11.3 Å². The molecule has 190 valence electrons. The minimum Gasteiger partial charge on any atom is -0.485 e. The van der Waals surface area contributed by atoms with E-state index >= 15 is 0 Å². The zero-order chi connectivity index (χ0) is 26.5. The highest BCUT2D eigenvalue weighted by Gasteiger charge is 2.27. The summed E-state index contributed by atoms with van der Waals surface area (Å²) in [6.45, 7) is 7.34. The lowest BCUT2D eigenvalue weighted by atomic mass is 10.0. The zero-order valence-electron chi connectivity index (χ0n) is 21.1. The Hall–Kier alpha value is -4.17. The van der Waals surface area contributed by atoms with Gasteiger partial charge in [0.2, 0.25) is 5.91 Å². The van der Waals surface area contributed by atoms with Crippen LogP contribution in [0, 0.1) is 13.8 Å². The van der Waals surface area contributed by atoms with Crippen molar-refractivity contribution in [3.05, 3.63) is 93.4 Å². The normalized spacial score (nSPS) is 14.4. The minimum atomic E-state index is -0.598. The molecule has 2 amide bonds. The second-order valence-electron chi connectivity index (χ2n) is 8.51. The van der Waals surface area contributed by atoms with Gasteiger partial charge in [-0.15, -0.1) is 11.3 Å². The third-order valence-corrected chi connectivity index (χ3v) is 7.11. The van der Waals surface area contributed by atoms with Gasteiger partial charge >= 0.3 is 5.97 Å². The Morgan fingerprint density at radius 2 is 1.78 bits per heavy atom. The molecule has 1 aliphatic heterocycles. The van der Waals surface area contributed by atoms with Crippen molar-refractivity contribution in [1.82, 2.24) is 0 Å². The number of amides is 2. The number of nitrogens with one attached hydrogen (secondary N) is 2. The second kappa shape index (κ2) is 11.3. The van der Waals surface area contributed by atoms with Gasteiger partial charge < -0.3 is 20.1 Å². The van der Waals surface area contributed by atoms with E-state index in [1.165, 1.54) is 6.08 Å². The summed E-state index contributed by atoms with van der Waals surface area (Å²) in [6.07, 6.45) is 4.82. The van der Waals surface area contributed by atoms with Crippen LogP contribution in [0.4, 0.5) is 10.7 Å². The maximum Gasteiger partial charge on any atom is 0.341 e. The number of thiophene rings is 1. The molecular formula is C29H28N2O5S. The number of carbonyl (C=O) groups is 3. The Bertz CT molecular complexity index is 1420. The van der Waals surface area contributed by atoms with Crippen LogP contribution in [0.2, 0.25) is 0 Å². The topological polar surface area (TPSA) is 93.7 Å². The summed E-state index contributed by atoms with van der Waals surface area (Å²) in [7, 11) is 0. The largest absolute Gasteiger partial charge is 0.485 e. The lowest BCUT2D eigenvalue weighted by molar-refractivity contribution is -0.111. The Labute approximate surface area is 219 Å². The second-order valence-corrected chi connectivity index (χ2v) is 9.54. The first-order valence-corrected chi connectivity index (χ1v) is 12.7. The number of hydrogen-bond donors (Lipinski definition) is 2. The number of hydrogen-bond acceptors (Lipinski definition) is 6. The summed E-state index contributed by atoms with van der Waals surface area (Å²) in [4.78, 5) is 39.0. The minimum absolute atomic E-state index is 0.166. The van der Waals surface area contributed by atoms with Crippen LogP contribution in [0.25, 0.3) is 6.08 Å². The molecule has 0 aliphatic carbocycles. The highest BCUT2D eigenvalue weighted by molar-refractivity contribution is 7.19. The average molecular weight is 517 g/mol. The summed E-state index contributed by atoms with van der Waals surface area (Å²) < 4.78 is 11.1. The van der Waals surface area contributed by atoms with Crippen molar-refractivity contribution in [2.45, 2.75) is 33.8 Å². The summed E-state index contributed by atoms with van der Waals surface area (Å²) >= 11 is 1.04. The predicted molar refractivity (Wildman–Crippen MR) is 146 cm³/mol. The number of esters is 1. The van der Waals surface area contributed by atoms with Crippen molar-refractivity contribution in [1.29, 1.82) is 0 Å². The Kier molecular flexibility index (Phi) is 7.89. The van der Waals surface area contributed by atoms with Gasteiger partial charge in [0.1, 0.15) is 16.9 Å². The molecule has 4 rings (SSSR count). The standard InChI is InChI=1S/C29H28N2O5S/c1-5-35-29(34)25-18(3)26(27(33)30-22-12-8-6-10-17(22)2)37-28(25)31-24(32)15-14-20-16-21-11-7-9-13-23(21)36-19(20)4/h6-16,19H,5H2,1-4H3,(H,30,33)(H,31,32)/b15-14+. The van der Waals surface area contributed by atoms with E-state index in [0.717, 1.165) is 33.8 Å². The molecule has 1 atom stereocenters. The van der Waals surface area contributed by atoms with E-state index in [2.05, 4.69) is 10.6 Å². The van der Waals surface area contributed by atoms with Crippen molar-refractivity contribution in [2.24, 2.45) is 0 Å². The first kappa shape index (κ1) is 25.9. The Balaban J connectivity index is 1.58. The van der Waals surface area contributed by atoms with Crippen molar-refractivity contribution >= 4 is 45.9 Å². The number of carbonyl (C=O) groups excluding carboxylic acids is 3. The maximum atomic E-state index is 13.1. The van der Waals surface area contributed by atoms with E-state index in [1.807, 2.05) is 62.4 Å². The summed E-state index contributed by atoms with van der Waals surface area (Å²) in [5.41, 5.74) is 3.97. The molecule has 0 bridgehead atoms. The third-order valence-electron chi connectivity index (χ3n) is 5.90. The van der Waals surface area contributed by atoms with Gasteiger partial charge in [-0.05, 0) is 68.7 Å². The van der Waals surface area contributed by atoms with Crippen LogP contribution in [0.15, 0.2) is 66.3 Å². The molecule has 3 aromatic rings. The van der Waals surface area contributed by atoms with Gasteiger partial charge in [0, 0.05) is 17.3 Å². The molecule has 37 heavy (non-hydrogen) atoms. The van der Waals surface area contributed by atoms with Crippen molar-refractivity contribution in [3.63, 3.8) is 0 Å². The molecule has 8 heteroatoms. The monoisotopic (exact) mass is 516 g/mol. The van der Waals surface area contributed by atoms with Crippen LogP contribution in [0.3, 0.4) is 0 Å². The molecule has 0 saturated heterocycles. The van der Waals surface area contributed by atoms with E-state index in [-0.39, 0.29) is 29.2 Å². The molecule has 1 aliphatic rings. The van der Waals surface area contributed by atoms with E-state index in [9.17, 15) is 14.4 Å². The molecular weight excluding hydrogens is 488 g/mol. The van der Waals surface area contributed by atoms with Gasteiger partial charge in [-0.25, -0.2) is 4.79 Å². The SMILES string of the molecule is CCOC(=O)c1c(NC(=O)/C=C/C2=Cc3ccccc3OC2C)sc(C(=O)Nc2ccccc2C)c1C. The molecule has 0 saturated carbocycles. The van der Waals surface area contributed by atoms with E-state index in [0.29, 0.717) is 16.1 Å². The van der Waals surface area contributed by atoms with Crippen LogP contribution in [-0.4, -0.2) is 30.5 Å². The predicted octanol–water partition coefficient (Wildman–Crippen LogP) is 6.15. The van der Waals surface area contributed by atoms with Crippen LogP contribution in [-0.2, 0) is 9.53 Å². The molecule has 1 unspecified atom stereocenters. The van der Waals surface area contributed by atoms with Crippen LogP contribution < -0.4 is 15.4 Å². The van der Waals surface area contributed by atoms with E-state index < -0.39 is 11.9 Å². The van der Waals surface area contributed by atoms with E-state index in [4.69, 9.17) is 9.47 Å². The van der Waals surface area contributed by atoms with E-state index in [1.54, 1.807) is 26.0 Å². The van der Waals surface area contributed by atoms with Crippen molar-refractivity contribution in [3.8, 4) is 5.75 Å². The first-order chi connectivity index (χ1) is 17.8. The highest BCUT2D eigenvalue weighted by Crippen LogP contribution is 2.35. The van der Waals surface area contributed by atoms with Gasteiger partial charge in [0.05, 0.1) is 17.0 Å². The highest BCUT2D eigenvalue weighted by atomic mass is 32.1. The van der Waals surface area contributed by atoms with Gasteiger partial charge in [-0.1, -0.05) is 36.4 Å². The fourth-order valence-corrected chi connectivity index (χ4v) is 5.02. The molecule has 2 heterocycles. The summed E-state index contributed by atoms with van der Waals surface area (Å²) in [5.74, 6) is -0.611. The van der Waals surface area contributed by atoms with Gasteiger partial charge in [0.25, 0.3) is 5.91 Å². The van der Waals surface area contributed by atoms with Gasteiger partial charge in [0.15, 0.2) is 0 Å². The number of para-hydroxylation sites is 2. The number of ether oxygens (including phenoxy) is 2. The third kappa shape index (κ3) is 5.81. The number of anilines is 2. The first-order valence-electron chi connectivity index (χ1n) is 11.9. The zero-order valence-corrected chi connectivity index (χ0v) is 21.9. The summed E-state index contributed by atoms with van der Waals surface area (Å²) in [6, 6.07) is 15.1. The van der Waals surface area contributed by atoms with Crippen LogP contribution in [0.1, 0.15) is 50.6 Å². The summed E-state index contributed by atoms with van der Waals surface area (Å²) in [5, 5.41) is 5.90. The number of benzene rings is 2. The molecule has 0 fully saturated rings. The van der Waals surface area contributed by atoms with Crippen LogP contribution in [0.5, 0.6) is 5.75 Å². The molecule has 0 radical (unpaired) electrons. The quantitative estimate of drug-likeness (QED) is 0.290. The van der Waals surface area contributed by atoms with Crippen molar-refractivity contribution < 1.29 is 23.9 Å². The molecule has 2 aromatic carbocycles. The molecule has 0 spiro atoms. The Morgan fingerprint density at radius 1 is 1.05 bits per heavy atom. The maximum absolute atomic E-state index is 13.1. The smallest absolute Gasteiger partial charge is 0.341 e. The lowest BCUT2D eigenvalue weighted by Crippen LogP contribution is -2.18. The fourth-order valence-electron chi connectivity index (χ4n) is 3.93. The fraction of sp³-hybridized carbons (Fsp3) is 0.207.